The first-order chi connectivity index (χ1) is 13.2. The number of aromatic nitrogens is 2. The molecule has 2 aromatic carbocycles. The summed E-state index contributed by atoms with van der Waals surface area (Å²) in [6.45, 7) is 1.34. The van der Waals surface area contributed by atoms with E-state index in [-0.39, 0.29) is 16.9 Å². The van der Waals surface area contributed by atoms with Crippen LogP contribution in [-0.4, -0.2) is 36.3 Å². The van der Waals surface area contributed by atoms with E-state index >= 15 is 0 Å². The van der Waals surface area contributed by atoms with Gasteiger partial charge in [-0.2, -0.15) is 0 Å². The molecule has 1 saturated heterocycles. The minimum atomic E-state index is -0.389. The van der Waals surface area contributed by atoms with Gasteiger partial charge in [-0.05, 0) is 31.0 Å². The zero-order valence-corrected chi connectivity index (χ0v) is 15.6. The second kappa shape index (κ2) is 7.56. The number of halogens is 2. The number of fused-ring (bicyclic) bond motifs is 1. The second-order valence-electron chi connectivity index (χ2n) is 6.49. The predicted octanol–water partition coefficient (Wildman–Crippen LogP) is 4.48. The topological polar surface area (TPSA) is 47.5 Å². The molecule has 0 saturated carbocycles. The molecule has 3 aromatic rings. The van der Waals surface area contributed by atoms with E-state index < -0.39 is 0 Å². The van der Waals surface area contributed by atoms with E-state index in [2.05, 4.69) is 9.97 Å². The van der Waals surface area contributed by atoms with Crippen molar-refractivity contribution in [1.82, 2.24) is 9.97 Å². The molecule has 1 aliphatic heterocycles. The van der Waals surface area contributed by atoms with Gasteiger partial charge in [-0.1, -0.05) is 17.7 Å². The van der Waals surface area contributed by atoms with Gasteiger partial charge in [0.25, 0.3) is 0 Å². The normalized spacial score (nSPS) is 17.1. The van der Waals surface area contributed by atoms with Crippen LogP contribution in [0.15, 0.2) is 42.9 Å². The van der Waals surface area contributed by atoms with Crippen LogP contribution in [0, 0.1) is 5.82 Å². The van der Waals surface area contributed by atoms with Crippen molar-refractivity contribution in [3.8, 4) is 11.5 Å². The highest BCUT2D eigenvalue weighted by Crippen LogP contribution is 2.34. The molecular formula is C20H19ClFN3O2. The Bertz CT molecular complexity index is 969. The summed E-state index contributed by atoms with van der Waals surface area (Å²) in [5.41, 5.74) is 1.30. The SMILES string of the molecule is COc1cc2ncncc2cc1O[C@@H]1CCCN(c2cccc(Cl)c2F)C1. The summed E-state index contributed by atoms with van der Waals surface area (Å²) in [4.78, 5) is 10.3. The van der Waals surface area contributed by atoms with E-state index in [1.165, 1.54) is 6.33 Å². The highest BCUT2D eigenvalue weighted by atomic mass is 35.5. The highest BCUT2D eigenvalue weighted by Gasteiger charge is 2.25. The molecule has 7 heteroatoms. The Hall–Kier alpha value is -2.60. The van der Waals surface area contributed by atoms with Gasteiger partial charge in [0.05, 0.1) is 29.9 Å². The monoisotopic (exact) mass is 387 g/mol. The van der Waals surface area contributed by atoms with E-state index in [0.717, 1.165) is 30.3 Å². The van der Waals surface area contributed by atoms with Crippen LogP contribution < -0.4 is 14.4 Å². The van der Waals surface area contributed by atoms with E-state index in [9.17, 15) is 4.39 Å². The first-order valence-electron chi connectivity index (χ1n) is 8.79. The third kappa shape index (κ3) is 3.62. The molecule has 0 bridgehead atoms. The van der Waals surface area contributed by atoms with Crippen LogP contribution in [0.25, 0.3) is 10.9 Å². The van der Waals surface area contributed by atoms with Crippen LogP contribution in [0.5, 0.6) is 11.5 Å². The molecule has 4 rings (SSSR count). The number of nitrogens with zero attached hydrogens (tertiary/aromatic N) is 3. The Kier molecular flexibility index (Phi) is 4.99. The van der Waals surface area contributed by atoms with Gasteiger partial charge >= 0.3 is 0 Å². The van der Waals surface area contributed by atoms with E-state index in [0.29, 0.717) is 23.7 Å². The summed E-state index contributed by atoms with van der Waals surface area (Å²) >= 11 is 5.93. The van der Waals surface area contributed by atoms with Gasteiger partial charge in [0.2, 0.25) is 0 Å². The Morgan fingerprint density at radius 1 is 1.26 bits per heavy atom. The van der Waals surface area contributed by atoms with E-state index in [1.807, 2.05) is 17.0 Å². The average molecular weight is 388 g/mol. The largest absolute Gasteiger partial charge is 0.493 e. The highest BCUT2D eigenvalue weighted by molar-refractivity contribution is 6.31. The minimum absolute atomic E-state index is 0.0897. The van der Waals surface area contributed by atoms with Crippen LogP contribution in [0.2, 0.25) is 5.02 Å². The second-order valence-corrected chi connectivity index (χ2v) is 6.89. The quantitative estimate of drug-likeness (QED) is 0.660. The van der Waals surface area contributed by atoms with Crippen LogP contribution in [0.1, 0.15) is 12.8 Å². The number of rotatable bonds is 4. The van der Waals surface area contributed by atoms with Crippen molar-refractivity contribution in [3.63, 3.8) is 0 Å². The number of methoxy groups -OCH3 is 1. The molecule has 140 valence electrons. The van der Waals surface area contributed by atoms with Crippen LogP contribution in [0.3, 0.4) is 0 Å². The molecule has 1 atom stereocenters. The number of hydrogen-bond donors (Lipinski definition) is 0. The Labute approximate surface area is 161 Å². The van der Waals surface area contributed by atoms with Gasteiger partial charge < -0.3 is 14.4 Å². The lowest BCUT2D eigenvalue weighted by molar-refractivity contribution is 0.172. The van der Waals surface area contributed by atoms with Gasteiger partial charge in [0.15, 0.2) is 17.3 Å². The van der Waals surface area contributed by atoms with Crippen molar-refractivity contribution < 1.29 is 13.9 Å². The van der Waals surface area contributed by atoms with Crippen molar-refractivity contribution in [2.45, 2.75) is 18.9 Å². The zero-order valence-electron chi connectivity index (χ0n) is 14.9. The number of anilines is 1. The van der Waals surface area contributed by atoms with Crippen molar-refractivity contribution in [3.05, 3.63) is 53.7 Å². The maximum atomic E-state index is 14.4. The van der Waals surface area contributed by atoms with E-state index in [1.54, 1.807) is 31.5 Å². The fourth-order valence-electron chi connectivity index (χ4n) is 3.41. The fraction of sp³-hybridized carbons (Fsp3) is 0.300. The van der Waals surface area contributed by atoms with Gasteiger partial charge in [0, 0.05) is 24.2 Å². The molecule has 1 aromatic heterocycles. The van der Waals surface area contributed by atoms with Crippen LogP contribution >= 0.6 is 11.6 Å². The molecule has 5 nitrogen and oxygen atoms in total. The fourth-order valence-corrected chi connectivity index (χ4v) is 3.58. The zero-order chi connectivity index (χ0) is 18.8. The molecule has 1 aliphatic rings. The Morgan fingerprint density at radius 2 is 2.15 bits per heavy atom. The van der Waals surface area contributed by atoms with Gasteiger partial charge in [-0.25, -0.2) is 14.4 Å². The molecule has 0 radical (unpaired) electrons. The maximum Gasteiger partial charge on any atom is 0.165 e. The van der Waals surface area contributed by atoms with Gasteiger partial charge in [-0.3, -0.25) is 0 Å². The van der Waals surface area contributed by atoms with E-state index in [4.69, 9.17) is 21.1 Å². The molecule has 0 spiro atoms. The number of hydrogen-bond acceptors (Lipinski definition) is 5. The summed E-state index contributed by atoms with van der Waals surface area (Å²) in [5, 5.41) is 1.01. The lowest BCUT2D eigenvalue weighted by atomic mass is 10.1. The van der Waals surface area contributed by atoms with Gasteiger partial charge in [-0.15, -0.1) is 0 Å². The molecule has 0 amide bonds. The Morgan fingerprint density at radius 3 is 3.00 bits per heavy atom. The summed E-state index contributed by atoms with van der Waals surface area (Å²) < 4.78 is 26.1. The number of piperidine rings is 1. The third-order valence-electron chi connectivity index (χ3n) is 4.73. The van der Waals surface area contributed by atoms with Crippen molar-refractivity contribution in [2.24, 2.45) is 0 Å². The average Bonchev–Trinajstić information content (AvgIpc) is 2.70. The molecule has 1 fully saturated rings. The molecule has 0 N–H and O–H groups in total. The smallest absolute Gasteiger partial charge is 0.165 e. The molecule has 0 aliphatic carbocycles. The first kappa shape index (κ1) is 17.8. The van der Waals surface area contributed by atoms with Crippen LogP contribution in [-0.2, 0) is 0 Å². The number of benzene rings is 2. The molecule has 0 unspecified atom stereocenters. The third-order valence-corrected chi connectivity index (χ3v) is 5.03. The van der Waals surface area contributed by atoms with Crippen molar-refractivity contribution in [2.75, 3.05) is 25.1 Å². The number of ether oxygens (including phenoxy) is 2. The summed E-state index contributed by atoms with van der Waals surface area (Å²) in [7, 11) is 1.60. The lowest BCUT2D eigenvalue weighted by Gasteiger charge is -2.35. The van der Waals surface area contributed by atoms with Crippen molar-refractivity contribution in [1.29, 1.82) is 0 Å². The summed E-state index contributed by atoms with van der Waals surface area (Å²) in [6.07, 6.45) is 4.93. The molecular weight excluding hydrogens is 369 g/mol. The van der Waals surface area contributed by atoms with Gasteiger partial charge in [0.1, 0.15) is 12.4 Å². The first-order valence-corrected chi connectivity index (χ1v) is 9.17. The Balaban J connectivity index is 1.57. The molecule has 2 heterocycles. The summed E-state index contributed by atoms with van der Waals surface area (Å²) in [6, 6.07) is 8.78. The molecule has 27 heavy (non-hydrogen) atoms. The lowest BCUT2D eigenvalue weighted by Crippen LogP contribution is -2.41. The standard InChI is InChI=1S/C20H19ClFN3O2/c1-26-18-9-16-13(10-23-12-24-16)8-19(18)27-14-4-3-7-25(11-14)17-6-2-5-15(21)20(17)22/h2,5-6,8-10,12,14H,3-4,7,11H2,1H3/t14-/m1/s1. The summed E-state index contributed by atoms with van der Waals surface area (Å²) in [5.74, 6) is 0.866. The minimum Gasteiger partial charge on any atom is -0.493 e. The predicted molar refractivity (Wildman–Crippen MR) is 103 cm³/mol. The van der Waals surface area contributed by atoms with Crippen molar-refractivity contribution >= 4 is 28.2 Å². The maximum absolute atomic E-state index is 14.4. The van der Waals surface area contributed by atoms with Crippen LogP contribution in [0.4, 0.5) is 10.1 Å².